The molecule has 1 aliphatic rings. The molecular weight excluding hydrogens is 402 g/mol. The molecule has 0 saturated carbocycles. The van der Waals surface area contributed by atoms with Crippen LogP contribution in [0.4, 0.5) is 5.13 Å². The van der Waals surface area contributed by atoms with E-state index >= 15 is 0 Å². The predicted octanol–water partition coefficient (Wildman–Crippen LogP) is 3.96. The summed E-state index contributed by atoms with van der Waals surface area (Å²) in [6, 6.07) is 13.5. The summed E-state index contributed by atoms with van der Waals surface area (Å²) < 4.78 is 11.5. The lowest BCUT2D eigenvalue weighted by molar-refractivity contribution is 0.0970. The van der Waals surface area contributed by atoms with Crippen LogP contribution in [-0.4, -0.2) is 22.7 Å². The topological polar surface area (TPSA) is 85.5 Å². The maximum Gasteiger partial charge on any atom is 0.297 e. The highest BCUT2D eigenvalue weighted by atomic mass is 32.1. The van der Waals surface area contributed by atoms with Crippen molar-refractivity contribution in [1.82, 2.24) is 10.2 Å². The normalized spacial score (nSPS) is 15.4. The average molecular weight is 417 g/mol. The minimum absolute atomic E-state index is 0.0244. The summed E-state index contributed by atoms with van der Waals surface area (Å²) in [5.74, 6) is 0.207. The van der Waals surface area contributed by atoms with Crippen LogP contribution in [-0.2, 0) is 0 Å². The first kappa shape index (κ1) is 18.3. The fourth-order valence-corrected chi connectivity index (χ4v) is 4.22. The first-order valence-electron chi connectivity index (χ1n) is 9.18. The van der Waals surface area contributed by atoms with Gasteiger partial charge in [0.05, 0.1) is 17.0 Å². The SMILES string of the molecule is C=CCOc1cccc([C@@H]2c3c(oc4ccccc4c3=O)C(=O)N2c2nncs2)c1. The molecule has 148 valence electrons. The van der Waals surface area contributed by atoms with E-state index in [1.807, 2.05) is 18.2 Å². The van der Waals surface area contributed by atoms with E-state index in [-0.39, 0.29) is 16.8 Å². The third-order valence-electron chi connectivity index (χ3n) is 4.87. The molecule has 0 aliphatic carbocycles. The highest BCUT2D eigenvalue weighted by molar-refractivity contribution is 7.13. The summed E-state index contributed by atoms with van der Waals surface area (Å²) in [4.78, 5) is 28.2. The Kier molecular flexibility index (Phi) is 4.40. The Labute approximate surface area is 174 Å². The quantitative estimate of drug-likeness (QED) is 0.457. The number of fused-ring (bicyclic) bond motifs is 2. The molecule has 7 nitrogen and oxygen atoms in total. The lowest BCUT2D eigenvalue weighted by Crippen LogP contribution is -2.29. The number of rotatable bonds is 5. The van der Waals surface area contributed by atoms with Gasteiger partial charge in [-0.25, -0.2) is 0 Å². The molecular formula is C22H15N3O4S. The number of hydrogen-bond donors (Lipinski definition) is 0. The first-order chi connectivity index (χ1) is 14.7. The largest absolute Gasteiger partial charge is 0.490 e. The number of hydrogen-bond acceptors (Lipinski definition) is 7. The number of anilines is 1. The van der Waals surface area contributed by atoms with Crippen LogP contribution in [0, 0.1) is 0 Å². The third kappa shape index (κ3) is 2.81. The third-order valence-corrected chi connectivity index (χ3v) is 5.56. The molecule has 1 atom stereocenters. The van der Waals surface area contributed by atoms with Crippen molar-refractivity contribution in [3.63, 3.8) is 0 Å². The fraction of sp³-hybridized carbons (Fsp3) is 0.0909. The Balaban J connectivity index is 1.76. The summed E-state index contributed by atoms with van der Waals surface area (Å²) >= 11 is 1.22. The molecule has 8 heteroatoms. The molecule has 5 rings (SSSR count). The number of carbonyl (C=O) groups is 1. The smallest absolute Gasteiger partial charge is 0.297 e. The highest BCUT2D eigenvalue weighted by Crippen LogP contribution is 2.42. The van der Waals surface area contributed by atoms with E-state index in [1.54, 1.807) is 36.4 Å². The van der Waals surface area contributed by atoms with E-state index in [4.69, 9.17) is 9.15 Å². The first-order valence-corrected chi connectivity index (χ1v) is 10.1. The molecule has 1 aliphatic heterocycles. The van der Waals surface area contributed by atoms with Gasteiger partial charge < -0.3 is 9.15 Å². The van der Waals surface area contributed by atoms with Gasteiger partial charge in [-0.05, 0) is 29.8 Å². The molecule has 0 radical (unpaired) electrons. The number of benzene rings is 2. The van der Waals surface area contributed by atoms with E-state index < -0.39 is 11.9 Å². The van der Waals surface area contributed by atoms with Crippen LogP contribution in [0.3, 0.4) is 0 Å². The summed E-state index contributed by atoms with van der Waals surface area (Å²) in [6.07, 6.45) is 1.65. The molecule has 1 amide bonds. The Morgan fingerprint density at radius 2 is 2.07 bits per heavy atom. The minimum atomic E-state index is -0.700. The fourth-order valence-electron chi connectivity index (χ4n) is 3.63. The highest BCUT2D eigenvalue weighted by Gasteiger charge is 2.45. The predicted molar refractivity (Wildman–Crippen MR) is 113 cm³/mol. The Hall–Kier alpha value is -3.78. The lowest BCUT2D eigenvalue weighted by Gasteiger charge is -2.22. The van der Waals surface area contributed by atoms with Gasteiger partial charge in [0.2, 0.25) is 10.9 Å². The molecule has 30 heavy (non-hydrogen) atoms. The standard InChI is InChI=1S/C22H15N3O4S/c1-2-10-28-14-7-5-6-13(11-14)18-17-19(26)15-8-3-4-9-16(15)29-20(17)21(27)25(18)22-24-23-12-30-22/h2-9,11-12,18H,1,10H2/t18-/m1/s1. The van der Waals surface area contributed by atoms with Gasteiger partial charge >= 0.3 is 0 Å². The van der Waals surface area contributed by atoms with Crippen molar-refractivity contribution in [3.05, 3.63) is 93.8 Å². The number of nitrogens with zero attached hydrogens (tertiary/aromatic N) is 3. The van der Waals surface area contributed by atoms with Crippen molar-refractivity contribution >= 4 is 33.3 Å². The van der Waals surface area contributed by atoms with Gasteiger partial charge in [-0.2, -0.15) is 0 Å². The van der Waals surface area contributed by atoms with E-state index in [9.17, 15) is 9.59 Å². The van der Waals surface area contributed by atoms with E-state index in [0.29, 0.717) is 34.0 Å². The zero-order valence-corrected chi connectivity index (χ0v) is 16.5. The second-order valence-electron chi connectivity index (χ2n) is 6.64. The Morgan fingerprint density at radius 1 is 1.20 bits per heavy atom. The van der Waals surface area contributed by atoms with E-state index in [1.165, 1.54) is 21.7 Å². The number of aromatic nitrogens is 2. The maximum absolute atomic E-state index is 13.4. The van der Waals surface area contributed by atoms with Crippen LogP contribution in [0.5, 0.6) is 5.75 Å². The number of amides is 1. The molecule has 0 fully saturated rings. The zero-order valence-electron chi connectivity index (χ0n) is 15.6. The van der Waals surface area contributed by atoms with Gasteiger partial charge in [0.25, 0.3) is 5.91 Å². The summed E-state index contributed by atoms with van der Waals surface area (Å²) in [7, 11) is 0. The van der Waals surface area contributed by atoms with E-state index in [2.05, 4.69) is 16.8 Å². The summed E-state index contributed by atoms with van der Waals surface area (Å²) in [6.45, 7) is 4.00. The van der Waals surface area contributed by atoms with Gasteiger partial charge in [0.1, 0.15) is 23.4 Å². The van der Waals surface area contributed by atoms with Gasteiger partial charge in [0.15, 0.2) is 5.43 Å². The summed E-state index contributed by atoms with van der Waals surface area (Å²) in [5, 5.41) is 8.73. The Bertz CT molecular complexity index is 1330. The number of carbonyl (C=O) groups excluding carboxylic acids is 1. The van der Waals surface area contributed by atoms with Gasteiger partial charge in [-0.3, -0.25) is 14.5 Å². The molecule has 2 aromatic heterocycles. The number of ether oxygens (including phenoxy) is 1. The van der Waals surface area contributed by atoms with Crippen LogP contribution in [0.1, 0.15) is 27.7 Å². The minimum Gasteiger partial charge on any atom is -0.490 e. The van der Waals surface area contributed by atoms with Crippen molar-refractivity contribution in [2.24, 2.45) is 0 Å². The van der Waals surface area contributed by atoms with Crippen LogP contribution in [0.25, 0.3) is 11.0 Å². The van der Waals surface area contributed by atoms with Crippen LogP contribution in [0.15, 0.2) is 75.9 Å². The number of para-hydroxylation sites is 1. The zero-order chi connectivity index (χ0) is 20.7. The molecule has 0 N–H and O–H groups in total. The van der Waals surface area contributed by atoms with Crippen LogP contribution in [0.2, 0.25) is 0 Å². The van der Waals surface area contributed by atoms with Gasteiger partial charge in [-0.1, -0.05) is 48.3 Å². The maximum atomic E-state index is 13.4. The van der Waals surface area contributed by atoms with Gasteiger partial charge in [-0.15, -0.1) is 10.2 Å². The Morgan fingerprint density at radius 3 is 2.87 bits per heavy atom. The van der Waals surface area contributed by atoms with Crippen molar-refractivity contribution in [2.45, 2.75) is 6.04 Å². The van der Waals surface area contributed by atoms with Crippen LogP contribution >= 0.6 is 11.3 Å². The van der Waals surface area contributed by atoms with E-state index in [0.717, 1.165) is 0 Å². The summed E-state index contributed by atoms with van der Waals surface area (Å²) in [5.41, 5.74) is 2.67. The second kappa shape index (κ2) is 7.23. The molecule has 0 unspecified atom stereocenters. The van der Waals surface area contributed by atoms with Crippen molar-refractivity contribution in [1.29, 1.82) is 0 Å². The lowest BCUT2D eigenvalue weighted by atomic mass is 9.98. The van der Waals surface area contributed by atoms with Crippen molar-refractivity contribution < 1.29 is 13.9 Å². The molecule has 3 heterocycles. The van der Waals surface area contributed by atoms with Crippen molar-refractivity contribution in [3.8, 4) is 5.75 Å². The molecule has 0 bridgehead atoms. The van der Waals surface area contributed by atoms with Crippen molar-refractivity contribution in [2.75, 3.05) is 11.5 Å². The molecule has 2 aromatic carbocycles. The molecule has 4 aromatic rings. The second-order valence-corrected chi connectivity index (χ2v) is 7.45. The molecule has 0 saturated heterocycles. The van der Waals surface area contributed by atoms with Crippen LogP contribution < -0.4 is 15.1 Å². The average Bonchev–Trinajstić information content (AvgIpc) is 3.39. The monoisotopic (exact) mass is 417 g/mol. The van der Waals surface area contributed by atoms with Gasteiger partial charge in [0, 0.05) is 0 Å². The molecule has 0 spiro atoms.